The number of hydrogen-bond donors (Lipinski definition) is 1. The van der Waals surface area contributed by atoms with Crippen LogP contribution in [0.25, 0.3) is 0 Å². The zero-order valence-corrected chi connectivity index (χ0v) is 10.5. The molecule has 0 aliphatic heterocycles. The number of hydrogen-bond acceptors (Lipinski definition) is 5. The number of halogens is 2. The number of carbonyl (C=O) groups is 1. The number of rotatable bonds is 4. The van der Waals surface area contributed by atoms with Crippen molar-refractivity contribution in [3.05, 3.63) is 35.7 Å². The Morgan fingerprint density at radius 1 is 1.16 bits per heavy atom. The van der Waals surface area contributed by atoms with Crippen LogP contribution in [-0.4, -0.2) is 16.6 Å². The number of carbonyl (C=O) groups excluding carboxylic acids is 1. The molecule has 1 aliphatic carbocycles. The number of azo groups is 1. The van der Waals surface area contributed by atoms with Gasteiger partial charge in [0.2, 0.25) is 0 Å². The van der Waals surface area contributed by atoms with Crippen molar-refractivity contribution in [2.24, 2.45) is 10.2 Å². The minimum atomic E-state index is -2.47. The van der Waals surface area contributed by atoms with E-state index >= 15 is 0 Å². The van der Waals surface area contributed by atoms with Crippen molar-refractivity contribution >= 4 is 23.2 Å². The highest BCUT2D eigenvalue weighted by Gasteiger charge is 2.22. The van der Waals surface area contributed by atoms with E-state index in [-0.39, 0.29) is 30.1 Å². The predicted octanol–water partition coefficient (Wildman–Crippen LogP) is 4.22. The molecule has 1 N–H and O–H groups in total. The van der Waals surface area contributed by atoms with Crippen LogP contribution in [-0.2, 0) is 4.79 Å². The molecule has 0 radical (unpaired) electrons. The molecule has 0 bridgehead atoms. The molecule has 0 heterocycles. The Kier molecular flexibility index (Phi) is 4.26. The van der Waals surface area contributed by atoms with Crippen molar-refractivity contribution in [3.63, 3.8) is 0 Å². The molecule has 0 saturated heterocycles. The fraction of sp³-hybridized carbons (Fsp3) is 0.250. The molecule has 1 aromatic rings. The van der Waals surface area contributed by atoms with Crippen molar-refractivity contribution in [1.29, 1.82) is 0 Å². The van der Waals surface area contributed by atoms with Gasteiger partial charge in [0.05, 0.1) is 5.69 Å². The van der Waals surface area contributed by atoms with E-state index in [4.69, 9.17) is 0 Å². The van der Waals surface area contributed by atoms with E-state index in [2.05, 4.69) is 10.2 Å². The number of thioether (sulfide) groups is 1. The van der Waals surface area contributed by atoms with Crippen LogP contribution in [0.2, 0.25) is 0 Å². The number of benzene rings is 1. The molecule has 0 aromatic heterocycles. The van der Waals surface area contributed by atoms with E-state index in [9.17, 15) is 18.7 Å². The maximum absolute atomic E-state index is 12.1. The van der Waals surface area contributed by atoms with Gasteiger partial charge in [-0.1, -0.05) is 11.8 Å². The van der Waals surface area contributed by atoms with Crippen LogP contribution in [0.3, 0.4) is 0 Å². The zero-order valence-electron chi connectivity index (χ0n) is 9.72. The van der Waals surface area contributed by atoms with Gasteiger partial charge in [-0.2, -0.15) is 13.9 Å². The molecule has 4 nitrogen and oxygen atoms in total. The molecule has 7 heteroatoms. The number of alkyl halides is 2. The van der Waals surface area contributed by atoms with Gasteiger partial charge in [0, 0.05) is 17.7 Å². The van der Waals surface area contributed by atoms with Crippen LogP contribution in [0, 0.1) is 0 Å². The van der Waals surface area contributed by atoms with E-state index < -0.39 is 5.76 Å². The Bertz CT molecular complexity index is 541. The lowest BCUT2D eigenvalue weighted by atomic mass is 10.3. The molecule has 2 rings (SSSR count). The minimum absolute atomic E-state index is 0.0222. The monoisotopic (exact) mass is 284 g/mol. The molecule has 0 saturated carbocycles. The number of allylic oxidation sites excluding steroid dienone is 2. The molecular weight excluding hydrogens is 274 g/mol. The van der Waals surface area contributed by atoms with Crippen molar-refractivity contribution < 1.29 is 18.7 Å². The van der Waals surface area contributed by atoms with Gasteiger partial charge in [-0.25, -0.2) is 0 Å². The normalized spacial score (nSPS) is 16.1. The van der Waals surface area contributed by atoms with Crippen molar-refractivity contribution in [3.8, 4) is 0 Å². The molecule has 0 amide bonds. The molecular formula is C12H10F2N2O2S. The molecule has 1 aromatic carbocycles. The van der Waals surface area contributed by atoms with E-state index in [0.717, 1.165) is 0 Å². The summed E-state index contributed by atoms with van der Waals surface area (Å²) in [5.74, 6) is -2.77. The van der Waals surface area contributed by atoms with Gasteiger partial charge in [0.15, 0.2) is 11.5 Å². The SMILES string of the molecule is O=C1CCC(O)=C1N=Nc1ccc(SC(F)F)cc1. The van der Waals surface area contributed by atoms with Crippen LogP contribution in [0.15, 0.2) is 50.8 Å². The van der Waals surface area contributed by atoms with E-state index in [1.165, 1.54) is 24.3 Å². The molecule has 0 atom stereocenters. The van der Waals surface area contributed by atoms with Gasteiger partial charge in [-0.15, -0.1) is 5.11 Å². The van der Waals surface area contributed by atoms with Gasteiger partial charge < -0.3 is 5.11 Å². The van der Waals surface area contributed by atoms with Crippen molar-refractivity contribution in [2.75, 3.05) is 0 Å². The topological polar surface area (TPSA) is 62.0 Å². The second-order valence-electron chi connectivity index (χ2n) is 3.79. The summed E-state index contributed by atoms with van der Waals surface area (Å²) in [6, 6.07) is 6.03. The fourth-order valence-electron chi connectivity index (χ4n) is 1.55. The van der Waals surface area contributed by atoms with Gasteiger partial charge >= 0.3 is 0 Å². The quantitative estimate of drug-likeness (QED) is 0.665. The summed E-state index contributed by atoms with van der Waals surface area (Å²) in [4.78, 5) is 11.7. The summed E-state index contributed by atoms with van der Waals surface area (Å²) in [6.07, 6.45) is 0.529. The Morgan fingerprint density at radius 3 is 2.37 bits per heavy atom. The van der Waals surface area contributed by atoms with Crippen LogP contribution >= 0.6 is 11.8 Å². The third-order valence-electron chi connectivity index (χ3n) is 2.45. The smallest absolute Gasteiger partial charge is 0.288 e. The first-order valence-electron chi connectivity index (χ1n) is 5.48. The number of ketones is 1. The maximum atomic E-state index is 12.1. The van der Waals surface area contributed by atoms with E-state index in [1.54, 1.807) is 0 Å². The number of nitrogens with zero attached hydrogens (tertiary/aromatic N) is 2. The van der Waals surface area contributed by atoms with Gasteiger partial charge in [0.1, 0.15) is 5.76 Å². The zero-order chi connectivity index (χ0) is 13.8. The highest BCUT2D eigenvalue weighted by Crippen LogP contribution is 2.28. The first-order chi connectivity index (χ1) is 9.06. The van der Waals surface area contributed by atoms with Crippen LogP contribution in [0.5, 0.6) is 0 Å². The van der Waals surface area contributed by atoms with Crippen LogP contribution < -0.4 is 0 Å². The molecule has 19 heavy (non-hydrogen) atoms. The molecule has 100 valence electrons. The standard InChI is InChI=1S/C12H10F2N2O2S/c13-12(14)19-8-3-1-7(2-4-8)15-16-11-9(17)5-6-10(11)18/h1-4,12,17H,5-6H2. The average Bonchev–Trinajstić information content (AvgIpc) is 2.68. The Morgan fingerprint density at radius 2 is 1.84 bits per heavy atom. The molecule has 1 aliphatic rings. The summed E-state index contributed by atoms with van der Waals surface area (Å²) in [6.45, 7) is 0. The van der Waals surface area contributed by atoms with Crippen molar-refractivity contribution in [2.45, 2.75) is 23.5 Å². The Hall–Kier alpha value is -1.76. The lowest BCUT2D eigenvalue weighted by Gasteiger charge is -1.99. The summed E-state index contributed by atoms with van der Waals surface area (Å²) >= 11 is 0.442. The van der Waals surface area contributed by atoms with Gasteiger partial charge in [0.25, 0.3) is 5.76 Å². The maximum Gasteiger partial charge on any atom is 0.288 e. The first-order valence-corrected chi connectivity index (χ1v) is 6.36. The minimum Gasteiger partial charge on any atom is -0.510 e. The van der Waals surface area contributed by atoms with Crippen LogP contribution in [0.1, 0.15) is 12.8 Å². The first kappa shape index (κ1) is 13.7. The summed E-state index contributed by atoms with van der Waals surface area (Å²) in [5.41, 5.74) is 0.407. The van der Waals surface area contributed by atoms with E-state index in [1.807, 2.05) is 0 Å². The Labute approximate surface area is 112 Å². The molecule has 0 fully saturated rings. The number of aliphatic hydroxyl groups excluding tert-OH is 1. The number of aliphatic hydroxyl groups is 1. The fourth-order valence-corrected chi connectivity index (χ4v) is 2.04. The third-order valence-corrected chi connectivity index (χ3v) is 3.18. The second kappa shape index (κ2) is 5.92. The highest BCUT2D eigenvalue weighted by atomic mass is 32.2. The second-order valence-corrected chi connectivity index (χ2v) is 4.85. The van der Waals surface area contributed by atoms with Gasteiger partial charge in [-0.3, -0.25) is 4.79 Å². The lowest BCUT2D eigenvalue weighted by molar-refractivity contribution is -0.115. The molecule has 0 unspecified atom stereocenters. The predicted molar refractivity (Wildman–Crippen MR) is 66.7 cm³/mol. The largest absolute Gasteiger partial charge is 0.510 e. The molecule has 0 spiro atoms. The van der Waals surface area contributed by atoms with Gasteiger partial charge in [-0.05, 0) is 24.3 Å². The Balaban J connectivity index is 2.07. The van der Waals surface area contributed by atoms with Crippen LogP contribution in [0.4, 0.5) is 14.5 Å². The summed E-state index contributed by atoms with van der Waals surface area (Å²) in [5, 5.41) is 16.9. The average molecular weight is 284 g/mol. The number of Topliss-reactive ketones (excluding diaryl/α,β-unsaturated/α-hetero) is 1. The summed E-state index contributed by atoms with van der Waals surface area (Å²) in [7, 11) is 0. The highest BCUT2D eigenvalue weighted by molar-refractivity contribution is 7.99. The summed E-state index contributed by atoms with van der Waals surface area (Å²) < 4.78 is 24.2. The lowest BCUT2D eigenvalue weighted by Crippen LogP contribution is -1.92. The van der Waals surface area contributed by atoms with Crippen molar-refractivity contribution in [1.82, 2.24) is 0 Å². The third kappa shape index (κ3) is 3.60. The van der Waals surface area contributed by atoms with E-state index in [0.29, 0.717) is 22.3 Å².